The SMILES string of the molecule is CC(C)Oc1cccc(CNc2ccc(C#N)cc2)c1. The van der Waals surface area contributed by atoms with Gasteiger partial charge in [-0.25, -0.2) is 0 Å². The highest BCUT2D eigenvalue weighted by Gasteiger charge is 2.00. The Hall–Kier alpha value is -2.47. The van der Waals surface area contributed by atoms with E-state index < -0.39 is 0 Å². The Morgan fingerprint density at radius 2 is 1.90 bits per heavy atom. The first-order valence-corrected chi connectivity index (χ1v) is 6.67. The van der Waals surface area contributed by atoms with Crippen molar-refractivity contribution < 1.29 is 4.74 Å². The molecule has 2 rings (SSSR count). The van der Waals surface area contributed by atoms with E-state index in [0.717, 1.165) is 23.5 Å². The molecule has 3 nitrogen and oxygen atoms in total. The predicted octanol–water partition coefficient (Wildman–Crippen LogP) is 3.96. The van der Waals surface area contributed by atoms with E-state index >= 15 is 0 Å². The molecule has 0 aliphatic heterocycles. The molecule has 2 aromatic rings. The van der Waals surface area contributed by atoms with Gasteiger partial charge in [0.2, 0.25) is 0 Å². The third-order valence-corrected chi connectivity index (χ3v) is 2.78. The summed E-state index contributed by atoms with van der Waals surface area (Å²) >= 11 is 0. The molecular weight excluding hydrogens is 248 g/mol. The first-order chi connectivity index (χ1) is 9.67. The summed E-state index contributed by atoms with van der Waals surface area (Å²) in [6.45, 7) is 4.75. The number of benzene rings is 2. The number of anilines is 1. The van der Waals surface area contributed by atoms with Gasteiger partial charge in [-0.05, 0) is 55.8 Å². The number of nitrogens with one attached hydrogen (secondary N) is 1. The van der Waals surface area contributed by atoms with Crippen LogP contribution in [0.5, 0.6) is 5.75 Å². The Morgan fingerprint density at radius 3 is 2.55 bits per heavy atom. The molecule has 0 amide bonds. The lowest BCUT2D eigenvalue weighted by Gasteiger charge is -2.11. The third kappa shape index (κ3) is 4.03. The van der Waals surface area contributed by atoms with Crippen molar-refractivity contribution in [1.82, 2.24) is 0 Å². The fourth-order valence-electron chi connectivity index (χ4n) is 1.87. The van der Waals surface area contributed by atoms with Crippen LogP contribution in [-0.2, 0) is 6.54 Å². The summed E-state index contributed by atoms with van der Waals surface area (Å²) in [5.41, 5.74) is 2.83. The molecule has 0 spiro atoms. The summed E-state index contributed by atoms with van der Waals surface area (Å²) in [5, 5.41) is 12.1. The van der Waals surface area contributed by atoms with E-state index in [1.165, 1.54) is 0 Å². The van der Waals surface area contributed by atoms with Crippen LogP contribution in [0.4, 0.5) is 5.69 Å². The van der Waals surface area contributed by atoms with Gasteiger partial charge >= 0.3 is 0 Å². The Kier molecular flexibility index (Phi) is 4.62. The molecule has 0 saturated heterocycles. The molecule has 102 valence electrons. The molecule has 0 bridgehead atoms. The second-order valence-electron chi connectivity index (χ2n) is 4.86. The van der Waals surface area contributed by atoms with E-state index in [1.807, 2.05) is 44.2 Å². The van der Waals surface area contributed by atoms with E-state index in [2.05, 4.69) is 17.5 Å². The number of rotatable bonds is 5. The Labute approximate surface area is 119 Å². The summed E-state index contributed by atoms with van der Waals surface area (Å²) in [5.74, 6) is 0.888. The summed E-state index contributed by atoms with van der Waals surface area (Å²) in [4.78, 5) is 0. The lowest BCUT2D eigenvalue weighted by atomic mass is 10.2. The number of hydrogen-bond donors (Lipinski definition) is 1. The molecule has 0 saturated carbocycles. The van der Waals surface area contributed by atoms with E-state index in [0.29, 0.717) is 5.56 Å². The summed E-state index contributed by atoms with van der Waals surface area (Å²) in [6.07, 6.45) is 0.178. The van der Waals surface area contributed by atoms with E-state index in [4.69, 9.17) is 10.00 Å². The number of nitriles is 1. The zero-order valence-corrected chi connectivity index (χ0v) is 11.8. The highest BCUT2D eigenvalue weighted by Crippen LogP contribution is 2.16. The minimum absolute atomic E-state index is 0.178. The van der Waals surface area contributed by atoms with Gasteiger partial charge < -0.3 is 10.1 Å². The highest BCUT2D eigenvalue weighted by atomic mass is 16.5. The zero-order chi connectivity index (χ0) is 14.4. The average Bonchev–Trinajstić information content (AvgIpc) is 2.45. The van der Waals surface area contributed by atoms with Crippen molar-refractivity contribution in [2.75, 3.05) is 5.32 Å². The quantitative estimate of drug-likeness (QED) is 0.891. The van der Waals surface area contributed by atoms with Gasteiger partial charge in [0.25, 0.3) is 0 Å². The van der Waals surface area contributed by atoms with E-state index in [1.54, 1.807) is 12.1 Å². The second-order valence-corrected chi connectivity index (χ2v) is 4.86. The minimum atomic E-state index is 0.178. The van der Waals surface area contributed by atoms with Gasteiger partial charge in [0.05, 0.1) is 17.7 Å². The summed E-state index contributed by atoms with van der Waals surface area (Å²) < 4.78 is 5.67. The van der Waals surface area contributed by atoms with Crippen LogP contribution in [0.15, 0.2) is 48.5 Å². The van der Waals surface area contributed by atoms with Crippen molar-refractivity contribution in [3.8, 4) is 11.8 Å². The van der Waals surface area contributed by atoms with Crippen molar-refractivity contribution in [2.45, 2.75) is 26.5 Å². The fraction of sp³-hybridized carbons (Fsp3) is 0.235. The van der Waals surface area contributed by atoms with Gasteiger partial charge in [-0.1, -0.05) is 12.1 Å². The van der Waals surface area contributed by atoms with Crippen LogP contribution in [0.2, 0.25) is 0 Å². The number of ether oxygens (including phenoxy) is 1. The molecule has 0 unspecified atom stereocenters. The maximum Gasteiger partial charge on any atom is 0.120 e. The van der Waals surface area contributed by atoms with Crippen LogP contribution in [0.1, 0.15) is 25.0 Å². The van der Waals surface area contributed by atoms with Gasteiger partial charge in [0.1, 0.15) is 5.75 Å². The van der Waals surface area contributed by atoms with Crippen LogP contribution in [0.3, 0.4) is 0 Å². The van der Waals surface area contributed by atoms with E-state index in [-0.39, 0.29) is 6.10 Å². The minimum Gasteiger partial charge on any atom is -0.491 e. The highest BCUT2D eigenvalue weighted by molar-refractivity contribution is 5.47. The third-order valence-electron chi connectivity index (χ3n) is 2.78. The summed E-state index contributed by atoms with van der Waals surface area (Å²) in [7, 11) is 0. The maximum absolute atomic E-state index is 8.75. The molecule has 2 aromatic carbocycles. The Bertz CT molecular complexity index is 597. The molecule has 3 heteroatoms. The molecule has 0 aromatic heterocycles. The van der Waals surface area contributed by atoms with Crippen LogP contribution >= 0.6 is 0 Å². The Balaban J connectivity index is 1.97. The van der Waals surface area contributed by atoms with Crippen LogP contribution in [0.25, 0.3) is 0 Å². The maximum atomic E-state index is 8.75. The second kappa shape index (κ2) is 6.63. The lowest BCUT2D eigenvalue weighted by Crippen LogP contribution is -2.06. The van der Waals surface area contributed by atoms with Crippen LogP contribution in [-0.4, -0.2) is 6.10 Å². The number of hydrogen-bond acceptors (Lipinski definition) is 3. The van der Waals surface area contributed by atoms with Gasteiger partial charge in [0, 0.05) is 12.2 Å². The molecule has 0 fully saturated rings. The van der Waals surface area contributed by atoms with Crippen molar-refractivity contribution in [2.24, 2.45) is 0 Å². The molecular formula is C17H18N2O. The standard InChI is InChI=1S/C17H18N2O/c1-13(2)20-17-5-3-4-15(10-17)12-19-16-8-6-14(11-18)7-9-16/h3-10,13,19H,12H2,1-2H3. The topological polar surface area (TPSA) is 45.0 Å². The molecule has 20 heavy (non-hydrogen) atoms. The fourth-order valence-corrected chi connectivity index (χ4v) is 1.87. The van der Waals surface area contributed by atoms with Gasteiger partial charge in [-0.3, -0.25) is 0 Å². The average molecular weight is 266 g/mol. The predicted molar refractivity (Wildman–Crippen MR) is 80.7 cm³/mol. The van der Waals surface area contributed by atoms with Crippen molar-refractivity contribution >= 4 is 5.69 Å². The van der Waals surface area contributed by atoms with Gasteiger partial charge in [-0.15, -0.1) is 0 Å². The Morgan fingerprint density at radius 1 is 1.15 bits per heavy atom. The van der Waals surface area contributed by atoms with E-state index in [9.17, 15) is 0 Å². The molecule has 0 radical (unpaired) electrons. The largest absolute Gasteiger partial charge is 0.491 e. The molecule has 1 N–H and O–H groups in total. The number of nitrogens with zero attached hydrogens (tertiary/aromatic N) is 1. The molecule has 0 aliphatic carbocycles. The first-order valence-electron chi connectivity index (χ1n) is 6.67. The normalized spacial score (nSPS) is 10.1. The van der Waals surface area contributed by atoms with Crippen LogP contribution in [0, 0.1) is 11.3 Å². The van der Waals surface area contributed by atoms with Gasteiger partial charge in [0.15, 0.2) is 0 Å². The van der Waals surface area contributed by atoms with Crippen LogP contribution < -0.4 is 10.1 Å². The lowest BCUT2D eigenvalue weighted by molar-refractivity contribution is 0.242. The zero-order valence-electron chi connectivity index (χ0n) is 11.8. The monoisotopic (exact) mass is 266 g/mol. The molecule has 0 heterocycles. The molecule has 0 aliphatic rings. The summed E-state index contributed by atoms with van der Waals surface area (Å²) in [6, 6.07) is 17.6. The van der Waals surface area contributed by atoms with Crippen molar-refractivity contribution in [3.05, 3.63) is 59.7 Å². The van der Waals surface area contributed by atoms with Crippen molar-refractivity contribution in [1.29, 1.82) is 5.26 Å². The van der Waals surface area contributed by atoms with Crippen molar-refractivity contribution in [3.63, 3.8) is 0 Å². The smallest absolute Gasteiger partial charge is 0.120 e. The van der Waals surface area contributed by atoms with Gasteiger partial charge in [-0.2, -0.15) is 5.26 Å². The molecule has 0 atom stereocenters. The first kappa shape index (κ1) is 14.0.